The molecule has 0 bridgehead atoms. The van der Waals surface area contributed by atoms with Gasteiger partial charge in [-0.3, -0.25) is 4.90 Å². The van der Waals surface area contributed by atoms with Crippen molar-refractivity contribution < 1.29 is 8.91 Å². The van der Waals surface area contributed by atoms with E-state index >= 15 is 0 Å². The summed E-state index contributed by atoms with van der Waals surface area (Å²) >= 11 is 0. The second-order valence-electron chi connectivity index (χ2n) is 6.41. The van der Waals surface area contributed by atoms with Gasteiger partial charge in [0.1, 0.15) is 11.6 Å². The highest BCUT2D eigenvalue weighted by molar-refractivity contribution is 5.54. The lowest BCUT2D eigenvalue weighted by atomic mass is 10.1. The van der Waals surface area contributed by atoms with Crippen LogP contribution in [0.5, 0.6) is 0 Å². The second kappa shape index (κ2) is 6.71. The molecule has 4 nitrogen and oxygen atoms in total. The van der Waals surface area contributed by atoms with Crippen LogP contribution < -0.4 is 4.90 Å². The van der Waals surface area contributed by atoms with Crippen LogP contribution in [0.25, 0.3) is 0 Å². The molecular weight excluding hydrogens is 293 g/mol. The fourth-order valence-electron chi connectivity index (χ4n) is 3.28. The number of hydrogen-bond acceptors (Lipinski definition) is 4. The first kappa shape index (κ1) is 16.0. The summed E-state index contributed by atoms with van der Waals surface area (Å²) in [6.45, 7) is 7.17. The average molecular weight is 317 g/mol. The van der Waals surface area contributed by atoms with Gasteiger partial charge in [-0.25, -0.2) is 4.39 Å². The molecule has 1 fully saturated rings. The smallest absolute Gasteiger partial charge is 0.138 e. The van der Waals surface area contributed by atoms with Crippen molar-refractivity contribution in [3.8, 4) is 0 Å². The van der Waals surface area contributed by atoms with E-state index in [1.54, 1.807) is 12.1 Å². The van der Waals surface area contributed by atoms with E-state index in [1.807, 2.05) is 27.0 Å². The largest absolute Gasteiger partial charge is 0.371 e. The van der Waals surface area contributed by atoms with E-state index in [2.05, 4.69) is 15.0 Å². The normalized spacial score (nSPS) is 14.9. The van der Waals surface area contributed by atoms with Crippen LogP contribution in [0.4, 0.5) is 10.1 Å². The molecule has 124 valence electrons. The molecule has 0 atom stereocenters. The van der Waals surface area contributed by atoms with E-state index in [1.165, 1.54) is 12.8 Å². The first-order valence-electron chi connectivity index (χ1n) is 8.19. The molecular formula is C18H24FN3O. The van der Waals surface area contributed by atoms with Crippen molar-refractivity contribution in [2.24, 2.45) is 0 Å². The molecule has 1 saturated heterocycles. The Morgan fingerprint density at radius 2 is 1.87 bits per heavy atom. The average Bonchev–Trinajstić information content (AvgIpc) is 3.15. The van der Waals surface area contributed by atoms with E-state index in [-0.39, 0.29) is 5.82 Å². The molecule has 0 unspecified atom stereocenters. The van der Waals surface area contributed by atoms with Crippen molar-refractivity contribution in [3.05, 3.63) is 46.6 Å². The number of benzene rings is 1. The standard InChI is InChI=1S/C18H24FN3O/c1-13-15(14(2)23-20-13)11-21(3)12-16-17(19)7-6-8-18(16)22-9-4-5-10-22/h6-8H,4-5,9-12H2,1-3H3. The molecule has 2 heterocycles. The highest BCUT2D eigenvalue weighted by Gasteiger charge is 2.20. The van der Waals surface area contributed by atoms with Gasteiger partial charge >= 0.3 is 0 Å². The second-order valence-corrected chi connectivity index (χ2v) is 6.41. The van der Waals surface area contributed by atoms with Crippen LogP contribution >= 0.6 is 0 Å². The van der Waals surface area contributed by atoms with Crippen molar-refractivity contribution in [3.63, 3.8) is 0 Å². The number of rotatable bonds is 5. The number of nitrogens with zero attached hydrogens (tertiary/aromatic N) is 3. The summed E-state index contributed by atoms with van der Waals surface area (Å²) in [5.41, 5.74) is 3.81. The van der Waals surface area contributed by atoms with Gasteiger partial charge in [-0.2, -0.15) is 0 Å². The Morgan fingerprint density at radius 3 is 2.52 bits per heavy atom. The first-order valence-corrected chi connectivity index (χ1v) is 8.19. The molecule has 1 aromatic carbocycles. The van der Waals surface area contributed by atoms with Crippen LogP contribution in [-0.2, 0) is 13.1 Å². The Morgan fingerprint density at radius 1 is 1.17 bits per heavy atom. The number of aromatic nitrogens is 1. The minimum atomic E-state index is -0.125. The van der Waals surface area contributed by atoms with Gasteiger partial charge in [0.15, 0.2) is 0 Å². The lowest BCUT2D eigenvalue weighted by molar-refractivity contribution is 0.310. The molecule has 1 aliphatic rings. The Bertz CT molecular complexity index is 657. The Hall–Kier alpha value is -1.88. The lowest BCUT2D eigenvalue weighted by Crippen LogP contribution is -2.24. The quantitative estimate of drug-likeness (QED) is 0.842. The van der Waals surface area contributed by atoms with Crippen molar-refractivity contribution >= 4 is 5.69 Å². The van der Waals surface area contributed by atoms with Crippen molar-refractivity contribution in [2.45, 2.75) is 39.8 Å². The molecule has 23 heavy (non-hydrogen) atoms. The van der Waals surface area contributed by atoms with Crippen LogP contribution in [0, 0.1) is 19.7 Å². The Kier molecular flexibility index (Phi) is 4.66. The third-order valence-electron chi connectivity index (χ3n) is 4.58. The molecule has 3 rings (SSSR count). The SMILES string of the molecule is Cc1noc(C)c1CN(C)Cc1c(F)cccc1N1CCCC1. The van der Waals surface area contributed by atoms with Gasteiger partial charge in [-0.1, -0.05) is 11.2 Å². The Labute approximate surface area is 136 Å². The summed E-state index contributed by atoms with van der Waals surface area (Å²) in [4.78, 5) is 4.41. The van der Waals surface area contributed by atoms with E-state index in [9.17, 15) is 4.39 Å². The minimum absolute atomic E-state index is 0.125. The highest BCUT2D eigenvalue weighted by atomic mass is 19.1. The van der Waals surface area contributed by atoms with Gasteiger partial charge < -0.3 is 9.42 Å². The van der Waals surface area contributed by atoms with Crippen LogP contribution in [0.3, 0.4) is 0 Å². The summed E-state index contributed by atoms with van der Waals surface area (Å²) in [6, 6.07) is 5.40. The molecule has 2 aromatic rings. The zero-order valence-electron chi connectivity index (χ0n) is 14.1. The van der Waals surface area contributed by atoms with E-state index in [4.69, 9.17) is 4.52 Å². The monoisotopic (exact) mass is 317 g/mol. The molecule has 0 saturated carbocycles. The molecule has 1 aromatic heterocycles. The fraction of sp³-hybridized carbons (Fsp3) is 0.500. The van der Waals surface area contributed by atoms with Crippen LogP contribution in [0.15, 0.2) is 22.7 Å². The number of anilines is 1. The number of halogens is 1. The molecule has 0 radical (unpaired) electrons. The number of hydrogen-bond donors (Lipinski definition) is 0. The molecule has 1 aliphatic heterocycles. The van der Waals surface area contributed by atoms with Crippen molar-refractivity contribution in [1.29, 1.82) is 0 Å². The lowest BCUT2D eigenvalue weighted by Gasteiger charge is -2.24. The maximum atomic E-state index is 14.4. The summed E-state index contributed by atoms with van der Waals surface area (Å²) in [7, 11) is 2.01. The summed E-state index contributed by atoms with van der Waals surface area (Å²) in [5, 5.41) is 3.99. The maximum absolute atomic E-state index is 14.4. The number of aryl methyl sites for hydroxylation is 2. The molecule has 0 amide bonds. The van der Waals surface area contributed by atoms with Crippen LogP contribution in [-0.4, -0.2) is 30.2 Å². The zero-order valence-corrected chi connectivity index (χ0v) is 14.1. The predicted octanol–water partition coefficient (Wildman–Crippen LogP) is 3.66. The van der Waals surface area contributed by atoms with Gasteiger partial charge in [0.2, 0.25) is 0 Å². The third-order valence-corrected chi connectivity index (χ3v) is 4.58. The van der Waals surface area contributed by atoms with Gasteiger partial charge in [-0.15, -0.1) is 0 Å². The first-order chi connectivity index (χ1) is 11.1. The Balaban J connectivity index is 1.79. The van der Waals surface area contributed by atoms with Crippen molar-refractivity contribution in [1.82, 2.24) is 10.1 Å². The van der Waals surface area contributed by atoms with Crippen LogP contribution in [0.2, 0.25) is 0 Å². The molecule has 0 aliphatic carbocycles. The molecule has 5 heteroatoms. The van der Waals surface area contributed by atoms with E-state index in [0.717, 1.165) is 41.4 Å². The third kappa shape index (κ3) is 3.39. The molecule has 0 N–H and O–H groups in total. The van der Waals surface area contributed by atoms with Gasteiger partial charge in [-0.05, 0) is 45.9 Å². The van der Waals surface area contributed by atoms with Gasteiger partial charge in [0.05, 0.1) is 5.69 Å². The summed E-state index contributed by atoms with van der Waals surface area (Å²) in [5.74, 6) is 0.711. The highest BCUT2D eigenvalue weighted by Crippen LogP contribution is 2.28. The van der Waals surface area contributed by atoms with Crippen LogP contribution in [0.1, 0.15) is 35.4 Å². The van der Waals surface area contributed by atoms with Gasteiger partial charge in [0.25, 0.3) is 0 Å². The zero-order chi connectivity index (χ0) is 16.4. The topological polar surface area (TPSA) is 32.5 Å². The van der Waals surface area contributed by atoms with Crippen molar-refractivity contribution in [2.75, 3.05) is 25.0 Å². The van der Waals surface area contributed by atoms with E-state index in [0.29, 0.717) is 13.1 Å². The van der Waals surface area contributed by atoms with E-state index < -0.39 is 0 Å². The maximum Gasteiger partial charge on any atom is 0.138 e. The predicted molar refractivity (Wildman–Crippen MR) is 89.0 cm³/mol. The molecule has 0 spiro atoms. The fourth-order valence-corrected chi connectivity index (χ4v) is 3.28. The summed E-state index contributed by atoms with van der Waals surface area (Å²) < 4.78 is 19.6. The minimum Gasteiger partial charge on any atom is -0.371 e. The van der Waals surface area contributed by atoms with Gasteiger partial charge in [0, 0.05) is 43.0 Å². The summed E-state index contributed by atoms with van der Waals surface area (Å²) in [6.07, 6.45) is 2.37.